The summed E-state index contributed by atoms with van der Waals surface area (Å²) < 4.78 is 0. The molecule has 0 aliphatic carbocycles. The molecule has 7 heteroatoms. The lowest BCUT2D eigenvalue weighted by molar-refractivity contribution is -0.384. The molecule has 1 aromatic carbocycles. The van der Waals surface area contributed by atoms with Gasteiger partial charge in [-0.05, 0) is 41.6 Å². The Kier molecular flexibility index (Phi) is 5.62. The van der Waals surface area contributed by atoms with E-state index in [0.29, 0.717) is 12.1 Å². The Morgan fingerprint density at radius 3 is 2.50 bits per heavy atom. The van der Waals surface area contributed by atoms with Crippen molar-refractivity contribution in [3.8, 4) is 0 Å². The molecule has 0 unspecified atom stereocenters. The van der Waals surface area contributed by atoms with Gasteiger partial charge in [0.1, 0.15) is 0 Å². The number of thiophene rings is 1. The molecule has 2 aromatic rings. The Morgan fingerprint density at radius 2 is 2.00 bits per heavy atom. The summed E-state index contributed by atoms with van der Waals surface area (Å²) in [6.07, 6.45) is -0.939. The van der Waals surface area contributed by atoms with Crippen molar-refractivity contribution in [2.75, 3.05) is 6.61 Å². The van der Waals surface area contributed by atoms with E-state index in [9.17, 15) is 20.3 Å². The van der Waals surface area contributed by atoms with Crippen LogP contribution in [-0.4, -0.2) is 27.8 Å². The van der Waals surface area contributed by atoms with E-state index < -0.39 is 17.1 Å². The molecule has 0 radical (unpaired) electrons. The van der Waals surface area contributed by atoms with Gasteiger partial charge in [-0.25, -0.2) is 0 Å². The molecular weight excluding hydrogens is 304 g/mol. The summed E-state index contributed by atoms with van der Waals surface area (Å²) in [5.41, 5.74) is 1.66. The van der Waals surface area contributed by atoms with Crippen LogP contribution >= 0.6 is 11.3 Å². The minimum Gasteiger partial charge on any atom is -0.395 e. The van der Waals surface area contributed by atoms with Crippen LogP contribution in [0.25, 0.3) is 0 Å². The first kappa shape index (κ1) is 16.6. The summed E-state index contributed by atoms with van der Waals surface area (Å²) in [6.45, 7) is 2.33. The number of nitrogens with zero attached hydrogens (tertiary/aromatic N) is 1. The molecule has 2 atom stereocenters. The van der Waals surface area contributed by atoms with Gasteiger partial charge >= 0.3 is 0 Å². The summed E-state index contributed by atoms with van der Waals surface area (Å²) >= 11 is 1.61. The van der Waals surface area contributed by atoms with Crippen LogP contribution in [0.1, 0.15) is 22.1 Å². The molecule has 0 aliphatic heterocycles. The smallest absolute Gasteiger partial charge is 0.269 e. The second kappa shape index (κ2) is 7.46. The Bertz CT molecular complexity index is 627. The van der Waals surface area contributed by atoms with Gasteiger partial charge in [-0.2, -0.15) is 0 Å². The number of benzene rings is 1. The predicted octanol–water partition coefficient (Wildman–Crippen LogP) is 2.15. The highest BCUT2D eigenvalue weighted by molar-refractivity contribution is 7.10. The largest absolute Gasteiger partial charge is 0.395 e. The predicted molar refractivity (Wildman–Crippen MR) is 84.8 cm³/mol. The number of hydrogen-bond donors (Lipinski definition) is 3. The van der Waals surface area contributed by atoms with E-state index in [1.807, 2.05) is 18.4 Å². The molecule has 0 amide bonds. The topological polar surface area (TPSA) is 95.6 Å². The van der Waals surface area contributed by atoms with Crippen molar-refractivity contribution in [1.82, 2.24) is 5.32 Å². The maximum atomic E-state index is 10.6. The van der Waals surface area contributed by atoms with E-state index >= 15 is 0 Å². The van der Waals surface area contributed by atoms with Gasteiger partial charge in [-0.15, -0.1) is 11.3 Å². The number of hydrogen-bond acceptors (Lipinski definition) is 6. The van der Waals surface area contributed by atoms with Gasteiger partial charge in [0.2, 0.25) is 0 Å². The molecule has 6 nitrogen and oxygen atoms in total. The van der Waals surface area contributed by atoms with Crippen molar-refractivity contribution >= 4 is 17.0 Å². The molecule has 0 spiro atoms. The number of aliphatic hydroxyl groups excluding tert-OH is 2. The molecular formula is C15H18N2O4S. The maximum absolute atomic E-state index is 10.6. The Morgan fingerprint density at radius 1 is 1.32 bits per heavy atom. The highest BCUT2D eigenvalue weighted by atomic mass is 32.1. The van der Waals surface area contributed by atoms with Crippen LogP contribution in [0, 0.1) is 17.0 Å². The lowest BCUT2D eigenvalue weighted by Gasteiger charge is -2.22. The molecule has 1 heterocycles. The van der Waals surface area contributed by atoms with Crippen molar-refractivity contribution < 1.29 is 15.1 Å². The third-order valence-corrected chi connectivity index (χ3v) is 4.54. The van der Waals surface area contributed by atoms with Crippen molar-refractivity contribution in [2.24, 2.45) is 0 Å². The van der Waals surface area contributed by atoms with Crippen LogP contribution in [0.4, 0.5) is 5.69 Å². The van der Waals surface area contributed by atoms with Gasteiger partial charge in [0.05, 0.1) is 23.7 Å². The number of nitro groups is 1. The number of aliphatic hydroxyl groups is 2. The molecule has 2 rings (SSSR count). The minimum atomic E-state index is -0.939. The molecule has 3 N–H and O–H groups in total. The van der Waals surface area contributed by atoms with Crippen LogP contribution in [0.3, 0.4) is 0 Å². The van der Waals surface area contributed by atoms with Gasteiger partial charge < -0.3 is 15.5 Å². The van der Waals surface area contributed by atoms with E-state index in [1.54, 1.807) is 11.3 Å². The summed E-state index contributed by atoms with van der Waals surface area (Å²) in [5, 5.41) is 35.5. The van der Waals surface area contributed by atoms with Crippen LogP contribution in [0.2, 0.25) is 0 Å². The molecule has 0 aliphatic rings. The van der Waals surface area contributed by atoms with Crippen molar-refractivity contribution in [3.05, 3.63) is 61.8 Å². The standard InChI is InChI=1S/C15H18N2O4S/c1-10-6-7-22-14(10)8-16-13(9-18)15(19)11-2-4-12(5-3-11)17(20)21/h2-7,13,15-16,18-19H,8-9H2,1H3/t13-,15+/m1/s1. The van der Waals surface area contributed by atoms with E-state index in [2.05, 4.69) is 5.32 Å². The average molecular weight is 322 g/mol. The zero-order chi connectivity index (χ0) is 16.1. The van der Waals surface area contributed by atoms with Crippen LogP contribution < -0.4 is 5.32 Å². The van der Waals surface area contributed by atoms with E-state index in [4.69, 9.17) is 0 Å². The number of aryl methyl sites for hydroxylation is 1. The fourth-order valence-electron chi connectivity index (χ4n) is 2.11. The highest BCUT2D eigenvalue weighted by Crippen LogP contribution is 2.21. The fourth-order valence-corrected chi connectivity index (χ4v) is 2.97. The van der Waals surface area contributed by atoms with Crippen molar-refractivity contribution in [3.63, 3.8) is 0 Å². The van der Waals surface area contributed by atoms with Crippen LogP contribution in [0.5, 0.6) is 0 Å². The Balaban J connectivity index is 2.03. The van der Waals surface area contributed by atoms with E-state index in [-0.39, 0.29) is 12.3 Å². The molecule has 0 bridgehead atoms. The molecule has 0 fully saturated rings. The zero-order valence-corrected chi connectivity index (χ0v) is 12.9. The summed E-state index contributed by atoms with van der Waals surface area (Å²) in [5.74, 6) is 0. The van der Waals surface area contributed by atoms with Gasteiger partial charge in [-0.3, -0.25) is 10.1 Å². The second-order valence-electron chi connectivity index (χ2n) is 4.99. The van der Waals surface area contributed by atoms with Crippen molar-refractivity contribution in [2.45, 2.75) is 25.6 Å². The van der Waals surface area contributed by atoms with Crippen LogP contribution in [0.15, 0.2) is 35.7 Å². The van der Waals surface area contributed by atoms with E-state index in [1.165, 1.54) is 29.8 Å². The Hall–Kier alpha value is -1.80. The third-order valence-electron chi connectivity index (χ3n) is 3.52. The molecule has 0 saturated carbocycles. The summed E-state index contributed by atoms with van der Waals surface area (Å²) in [4.78, 5) is 11.3. The first-order chi connectivity index (χ1) is 10.5. The number of nitrogens with one attached hydrogen (secondary N) is 1. The summed E-state index contributed by atoms with van der Waals surface area (Å²) in [7, 11) is 0. The quantitative estimate of drug-likeness (QED) is 0.536. The third kappa shape index (κ3) is 3.89. The van der Waals surface area contributed by atoms with E-state index in [0.717, 1.165) is 4.88 Å². The lowest BCUT2D eigenvalue weighted by atomic mass is 10.0. The first-order valence-corrected chi connectivity index (χ1v) is 7.70. The average Bonchev–Trinajstić information content (AvgIpc) is 2.93. The molecule has 22 heavy (non-hydrogen) atoms. The second-order valence-corrected chi connectivity index (χ2v) is 5.99. The number of nitro benzene ring substituents is 1. The lowest BCUT2D eigenvalue weighted by Crippen LogP contribution is -2.37. The van der Waals surface area contributed by atoms with Gasteiger partial charge in [-0.1, -0.05) is 0 Å². The molecule has 0 saturated heterocycles. The minimum absolute atomic E-state index is 0.0290. The maximum Gasteiger partial charge on any atom is 0.269 e. The zero-order valence-electron chi connectivity index (χ0n) is 12.1. The van der Waals surface area contributed by atoms with Crippen molar-refractivity contribution in [1.29, 1.82) is 0 Å². The SMILES string of the molecule is Cc1ccsc1CN[C@H](CO)[C@@H](O)c1ccc([N+](=O)[O-])cc1. The van der Waals surface area contributed by atoms with Gasteiger partial charge in [0.15, 0.2) is 0 Å². The fraction of sp³-hybridized carbons (Fsp3) is 0.333. The highest BCUT2D eigenvalue weighted by Gasteiger charge is 2.21. The Labute approximate surface area is 132 Å². The van der Waals surface area contributed by atoms with Gasteiger partial charge in [0, 0.05) is 23.6 Å². The van der Waals surface area contributed by atoms with Gasteiger partial charge in [0.25, 0.3) is 5.69 Å². The monoisotopic (exact) mass is 322 g/mol. The molecule has 1 aromatic heterocycles. The first-order valence-electron chi connectivity index (χ1n) is 6.82. The normalized spacial score (nSPS) is 13.8. The van der Waals surface area contributed by atoms with Crippen LogP contribution in [-0.2, 0) is 6.54 Å². The summed E-state index contributed by atoms with van der Waals surface area (Å²) in [6, 6.07) is 7.17. The number of rotatable bonds is 7. The number of non-ortho nitro benzene ring substituents is 1. The molecule has 118 valence electrons.